The van der Waals surface area contributed by atoms with Gasteiger partial charge in [0.1, 0.15) is 0 Å². The van der Waals surface area contributed by atoms with Gasteiger partial charge in [0.25, 0.3) is 5.91 Å². The number of para-hydroxylation sites is 1. The topological polar surface area (TPSA) is 82.3 Å². The maximum Gasteiger partial charge on any atom is 0.253 e. The number of aromatic amines is 1. The lowest BCUT2D eigenvalue weighted by Gasteiger charge is -2.31. The Labute approximate surface area is 177 Å². The van der Waals surface area contributed by atoms with Crippen molar-refractivity contribution in [2.45, 2.75) is 32.1 Å². The minimum atomic E-state index is -3.38. The third kappa shape index (κ3) is 4.51. The Morgan fingerprint density at radius 2 is 1.87 bits per heavy atom. The lowest BCUT2D eigenvalue weighted by Crippen LogP contribution is -2.38. The van der Waals surface area contributed by atoms with E-state index in [1.54, 1.807) is 24.3 Å². The summed E-state index contributed by atoms with van der Waals surface area (Å²) in [6, 6.07) is 17.2. The number of aromatic nitrogens is 1. The molecule has 2 aromatic carbocycles. The number of hydrogen-bond donors (Lipinski definition) is 2. The molecule has 6 nitrogen and oxygen atoms in total. The molecule has 2 N–H and O–H groups in total. The molecule has 0 saturated carbocycles. The molecule has 7 heteroatoms. The van der Waals surface area contributed by atoms with Crippen LogP contribution in [0.5, 0.6) is 0 Å². The Balaban J connectivity index is 1.41. The molecule has 0 unspecified atom stereocenters. The maximum absolute atomic E-state index is 13.0. The van der Waals surface area contributed by atoms with Gasteiger partial charge in [0.05, 0.1) is 5.75 Å². The molecule has 1 aliphatic rings. The minimum absolute atomic E-state index is 0.0540. The van der Waals surface area contributed by atoms with E-state index in [9.17, 15) is 13.2 Å². The maximum atomic E-state index is 13.0. The average molecular weight is 426 g/mol. The van der Waals surface area contributed by atoms with Gasteiger partial charge in [-0.25, -0.2) is 8.42 Å². The normalized spacial score (nSPS) is 15.4. The number of nitrogens with one attached hydrogen (secondary N) is 2. The van der Waals surface area contributed by atoms with Gasteiger partial charge < -0.3 is 9.88 Å². The fourth-order valence-electron chi connectivity index (χ4n) is 4.11. The van der Waals surface area contributed by atoms with E-state index in [4.69, 9.17) is 0 Å². The molecule has 2 heterocycles. The fourth-order valence-corrected chi connectivity index (χ4v) is 5.23. The van der Waals surface area contributed by atoms with Crippen molar-refractivity contribution in [1.29, 1.82) is 0 Å². The largest absolute Gasteiger partial charge is 0.358 e. The number of benzene rings is 2. The van der Waals surface area contributed by atoms with E-state index in [0.29, 0.717) is 36.7 Å². The minimum Gasteiger partial charge on any atom is -0.358 e. The molecule has 0 aliphatic carbocycles. The SMILES string of the molecule is CCCS(=O)(=O)Nc1cccc(C(=O)N2CCC(c3cc4ccccc4[nH]3)CC2)c1. The van der Waals surface area contributed by atoms with Crippen molar-refractivity contribution in [3.63, 3.8) is 0 Å². The molecule has 0 radical (unpaired) electrons. The van der Waals surface area contributed by atoms with Crippen LogP contribution in [0.2, 0.25) is 0 Å². The molecule has 0 bridgehead atoms. The summed E-state index contributed by atoms with van der Waals surface area (Å²) in [5.74, 6) is 0.419. The second kappa shape index (κ2) is 8.52. The molecule has 1 saturated heterocycles. The van der Waals surface area contributed by atoms with Crippen LogP contribution in [0, 0.1) is 0 Å². The van der Waals surface area contributed by atoms with Gasteiger partial charge in [-0.3, -0.25) is 9.52 Å². The van der Waals surface area contributed by atoms with E-state index in [0.717, 1.165) is 18.4 Å². The number of hydrogen-bond acceptors (Lipinski definition) is 3. The van der Waals surface area contributed by atoms with Crippen LogP contribution < -0.4 is 4.72 Å². The number of piperidine rings is 1. The van der Waals surface area contributed by atoms with Gasteiger partial charge in [-0.15, -0.1) is 0 Å². The van der Waals surface area contributed by atoms with Gasteiger partial charge in [-0.2, -0.15) is 0 Å². The number of rotatable bonds is 6. The van der Waals surface area contributed by atoms with Crippen LogP contribution in [0.1, 0.15) is 48.2 Å². The van der Waals surface area contributed by atoms with E-state index >= 15 is 0 Å². The summed E-state index contributed by atoms with van der Waals surface area (Å²) in [6.45, 7) is 3.19. The number of amides is 1. The van der Waals surface area contributed by atoms with Crippen molar-refractivity contribution in [1.82, 2.24) is 9.88 Å². The van der Waals surface area contributed by atoms with Crippen molar-refractivity contribution < 1.29 is 13.2 Å². The van der Waals surface area contributed by atoms with Crippen LogP contribution in [-0.2, 0) is 10.0 Å². The number of nitrogens with zero attached hydrogens (tertiary/aromatic N) is 1. The third-order valence-electron chi connectivity index (χ3n) is 5.63. The number of likely N-dealkylation sites (tertiary alicyclic amines) is 1. The predicted molar refractivity (Wildman–Crippen MR) is 120 cm³/mol. The van der Waals surface area contributed by atoms with Gasteiger partial charge in [0.2, 0.25) is 10.0 Å². The second-order valence-electron chi connectivity index (χ2n) is 7.88. The van der Waals surface area contributed by atoms with Crippen molar-refractivity contribution in [2.24, 2.45) is 0 Å². The van der Waals surface area contributed by atoms with E-state index in [1.807, 2.05) is 24.0 Å². The highest BCUT2D eigenvalue weighted by Crippen LogP contribution is 2.30. The number of sulfonamides is 1. The summed E-state index contributed by atoms with van der Waals surface area (Å²) in [5, 5.41) is 1.22. The zero-order chi connectivity index (χ0) is 21.1. The molecule has 0 spiro atoms. The fraction of sp³-hybridized carbons (Fsp3) is 0.348. The zero-order valence-electron chi connectivity index (χ0n) is 17.1. The molecular formula is C23H27N3O3S. The Kier molecular flexibility index (Phi) is 5.81. The van der Waals surface area contributed by atoms with Crippen LogP contribution in [0.4, 0.5) is 5.69 Å². The smallest absolute Gasteiger partial charge is 0.253 e. The lowest BCUT2D eigenvalue weighted by atomic mass is 9.93. The summed E-state index contributed by atoms with van der Waals surface area (Å²) in [7, 11) is -3.38. The molecule has 1 aromatic heterocycles. The summed E-state index contributed by atoms with van der Waals surface area (Å²) in [4.78, 5) is 18.3. The number of fused-ring (bicyclic) bond motifs is 1. The highest BCUT2D eigenvalue weighted by Gasteiger charge is 2.25. The third-order valence-corrected chi connectivity index (χ3v) is 7.12. The zero-order valence-corrected chi connectivity index (χ0v) is 17.9. The number of carbonyl (C=O) groups excluding carboxylic acids is 1. The summed E-state index contributed by atoms with van der Waals surface area (Å²) >= 11 is 0. The van der Waals surface area contributed by atoms with E-state index < -0.39 is 10.0 Å². The van der Waals surface area contributed by atoms with E-state index in [-0.39, 0.29) is 11.7 Å². The van der Waals surface area contributed by atoms with Crippen molar-refractivity contribution in [3.8, 4) is 0 Å². The molecule has 0 atom stereocenters. The van der Waals surface area contributed by atoms with Gasteiger partial charge in [0.15, 0.2) is 0 Å². The summed E-state index contributed by atoms with van der Waals surface area (Å²) in [5.41, 5.74) is 3.32. The quantitative estimate of drug-likeness (QED) is 0.616. The van der Waals surface area contributed by atoms with Crippen molar-refractivity contribution in [3.05, 3.63) is 65.9 Å². The summed E-state index contributed by atoms with van der Waals surface area (Å²) < 4.78 is 26.6. The van der Waals surface area contributed by atoms with Crippen molar-refractivity contribution >= 4 is 32.5 Å². The molecule has 1 amide bonds. The highest BCUT2D eigenvalue weighted by atomic mass is 32.2. The van der Waals surface area contributed by atoms with Gasteiger partial charge in [0, 0.05) is 41.5 Å². The van der Waals surface area contributed by atoms with E-state index in [2.05, 4.69) is 27.9 Å². The number of anilines is 1. The van der Waals surface area contributed by atoms with Crippen LogP contribution in [-0.4, -0.2) is 43.1 Å². The van der Waals surface area contributed by atoms with Crippen LogP contribution in [0.25, 0.3) is 10.9 Å². The molecule has 1 aliphatic heterocycles. The average Bonchev–Trinajstić information content (AvgIpc) is 3.17. The number of carbonyl (C=O) groups is 1. The molecule has 30 heavy (non-hydrogen) atoms. The molecule has 1 fully saturated rings. The van der Waals surface area contributed by atoms with Crippen LogP contribution >= 0.6 is 0 Å². The second-order valence-corrected chi connectivity index (χ2v) is 9.72. The van der Waals surface area contributed by atoms with Gasteiger partial charge >= 0.3 is 0 Å². The Hall–Kier alpha value is -2.80. The Bertz CT molecular complexity index is 1110. The highest BCUT2D eigenvalue weighted by molar-refractivity contribution is 7.92. The molecule has 3 aromatic rings. The summed E-state index contributed by atoms with van der Waals surface area (Å²) in [6.07, 6.45) is 2.35. The first-order valence-electron chi connectivity index (χ1n) is 10.4. The number of H-pyrrole nitrogens is 1. The molecule has 4 rings (SSSR count). The van der Waals surface area contributed by atoms with Gasteiger partial charge in [-0.05, 0) is 55.0 Å². The molecule has 158 valence electrons. The first-order valence-corrected chi connectivity index (χ1v) is 12.1. The Morgan fingerprint density at radius 1 is 1.10 bits per heavy atom. The van der Waals surface area contributed by atoms with Crippen molar-refractivity contribution in [2.75, 3.05) is 23.6 Å². The first-order chi connectivity index (χ1) is 14.4. The first kappa shape index (κ1) is 20.5. The Morgan fingerprint density at radius 3 is 2.60 bits per heavy atom. The van der Waals surface area contributed by atoms with Crippen LogP contribution in [0.15, 0.2) is 54.6 Å². The van der Waals surface area contributed by atoms with E-state index in [1.165, 1.54) is 11.1 Å². The molecular weight excluding hydrogens is 398 g/mol. The lowest BCUT2D eigenvalue weighted by molar-refractivity contribution is 0.0712. The van der Waals surface area contributed by atoms with Crippen LogP contribution in [0.3, 0.4) is 0 Å². The van der Waals surface area contributed by atoms with Gasteiger partial charge in [-0.1, -0.05) is 31.2 Å². The standard InChI is InChI=1S/C23H27N3O3S/c1-2-14-30(28,29)25-20-8-5-7-19(15-20)23(27)26-12-10-17(11-13-26)22-16-18-6-3-4-9-21(18)24-22/h3-9,15-17,24-25H,2,10-14H2,1H3. The monoisotopic (exact) mass is 425 g/mol. The predicted octanol–water partition coefficient (Wildman–Crippen LogP) is 4.34.